The van der Waals surface area contributed by atoms with Gasteiger partial charge in [-0.1, -0.05) is 25.6 Å². The van der Waals surface area contributed by atoms with Gasteiger partial charge in [-0.05, 0) is 91.4 Å². The number of nitrogens with zero attached hydrogens (tertiary/aromatic N) is 6. The maximum Gasteiger partial charge on any atom is 0.416 e. The number of aromatic hydroxyl groups is 1. The molecule has 272 valence electrons. The molecule has 1 N–H and O–H groups in total. The monoisotopic (exact) mass is 720 g/mol. The van der Waals surface area contributed by atoms with Crippen LogP contribution in [-0.4, -0.2) is 81.7 Å². The van der Waals surface area contributed by atoms with E-state index >= 15 is 4.39 Å². The van der Waals surface area contributed by atoms with E-state index in [0.29, 0.717) is 5.39 Å². The number of aryl methyl sites for hydroxylation is 1. The fourth-order valence-corrected chi connectivity index (χ4v) is 8.42. The van der Waals surface area contributed by atoms with Gasteiger partial charge in [0, 0.05) is 30.6 Å². The highest BCUT2D eigenvalue weighted by Crippen LogP contribution is 2.44. The maximum atomic E-state index is 17.1. The zero-order chi connectivity index (χ0) is 36.9. The molecule has 1 aromatic heterocycles. The minimum absolute atomic E-state index is 0.00364. The number of benzene rings is 3. The number of carbonyl (C=O) groups is 1. The molecule has 0 unspecified atom stereocenters. The number of phenols is 1. The second kappa shape index (κ2) is 13.5. The summed E-state index contributed by atoms with van der Waals surface area (Å²) in [7, 11) is 0. The molecule has 52 heavy (non-hydrogen) atoms. The van der Waals surface area contributed by atoms with Gasteiger partial charge in [0.25, 0.3) is 5.91 Å². The average Bonchev–Trinajstić information content (AvgIpc) is 3.70. The predicted molar refractivity (Wildman–Crippen MR) is 185 cm³/mol. The predicted octanol–water partition coefficient (Wildman–Crippen LogP) is 7.30. The number of rotatable bonds is 8. The molecule has 3 aliphatic rings. The molecule has 1 amide bonds. The molecule has 0 saturated carbocycles. The van der Waals surface area contributed by atoms with Crippen molar-refractivity contribution in [2.45, 2.75) is 63.2 Å². The number of amides is 1. The molecule has 7 rings (SSSR count). The van der Waals surface area contributed by atoms with Gasteiger partial charge >= 0.3 is 12.2 Å². The van der Waals surface area contributed by atoms with Crippen molar-refractivity contribution < 1.29 is 36.6 Å². The number of anilines is 1. The molecule has 0 spiro atoms. The summed E-state index contributed by atoms with van der Waals surface area (Å²) >= 11 is 0. The van der Waals surface area contributed by atoms with Crippen LogP contribution in [0, 0.1) is 17.1 Å². The largest absolute Gasteiger partial charge is 0.508 e. The molecule has 3 aliphatic heterocycles. The minimum Gasteiger partial charge on any atom is -0.508 e. The number of carbonyl (C=O) groups excluding carboxylic acids is 1. The van der Waals surface area contributed by atoms with Crippen LogP contribution < -0.4 is 9.64 Å². The molecular formula is C38H37F5N6O3. The second-order valence-corrected chi connectivity index (χ2v) is 13.8. The van der Waals surface area contributed by atoms with Crippen LogP contribution in [0.5, 0.6) is 11.8 Å². The normalized spacial score (nSPS) is 18.9. The third-order valence-corrected chi connectivity index (χ3v) is 10.8. The van der Waals surface area contributed by atoms with Gasteiger partial charge in [-0.3, -0.25) is 9.69 Å². The number of nitriles is 1. The lowest BCUT2D eigenvalue weighted by Gasteiger charge is -2.41. The van der Waals surface area contributed by atoms with Gasteiger partial charge in [0.15, 0.2) is 11.6 Å². The molecule has 3 saturated heterocycles. The summed E-state index contributed by atoms with van der Waals surface area (Å²) in [6.07, 6.45) is -0.863. The van der Waals surface area contributed by atoms with Gasteiger partial charge in [-0.2, -0.15) is 28.4 Å². The lowest BCUT2D eigenvalue weighted by atomic mass is 9.89. The molecule has 0 radical (unpaired) electrons. The number of hydrogen-bond acceptors (Lipinski definition) is 8. The molecule has 3 fully saturated rings. The summed E-state index contributed by atoms with van der Waals surface area (Å²) in [6, 6.07) is 9.03. The van der Waals surface area contributed by atoms with Crippen molar-refractivity contribution in [3.63, 3.8) is 0 Å². The van der Waals surface area contributed by atoms with Crippen LogP contribution in [-0.2, 0) is 17.4 Å². The zero-order valence-corrected chi connectivity index (χ0v) is 28.6. The lowest BCUT2D eigenvalue weighted by Crippen LogP contribution is -2.55. The lowest BCUT2D eigenvalue weighted by molar-refractivity contribution is -0.138. The maximum absolute atomic E-state index is 17.1. The highest BCUT2D eigenvalue weighted by Gasteiger charge is 2.45. The Hall–Kier alpha value is -5.03. The van der Waals surface area contributed by atoms with Crippen LogP contribution in [0.1, 0.15) is 50.2 Å². The number of aromatic nitrogens is 2. The Kier molecular flexibility index (Phi) is 9.19. The summed E-state index contributed by atoms with van der Waals surface area (Å²) < 4.78 is 79.8. The van der Waals surface area contributed by atoms with E-state index in [4.69, 9.17) is 9.72 Å². The molecule has 4 aromatic rings. The molecule has 4 heterocycles. The van der Waals surface area contributed by atoms with Crippen molar-refractivity contribution in [3.05, 3.63) is 65.7 Å². The van der Waals surface area contributed by atoms with E-state index in [-0.39, 0.29) is 95.2 Å². The Morgan fingerprint density at radius 2 is 1.85 bits per heavy atom. The molecular weight excluding hydrogens is 683 g/mol. The Morgan fingerprint density at radius 1 is 1.10 bits per heavy atom. The van der Waals surface area contributed by atoms with Gasteiger partial charge in [-0.15, -0.1) is 0 Å². The van der Waals surface area contributed by atoms with Gasteiger partial charge in [0.2, 0.25) is 0 Å². The molecule has 1 atom stereocenters. The Balaban J connectivity index is 1.38. The minimum atomic E-state index is -4.66. The first-order chi connectivity index (χ1) is 24.8. The first-order valence-corrected chi connectivity index (χ1v) is 17.4. The summed E-state index contributed by atoms with van der Waals surface area (Å²) in [4.78, 5) is 27.3. The molecule has 3 aromatic carbocycles. The van der Waals surface area contributed by atoms with E-state index in [2.05, 4.69) is 16.5 Å². The molecule has 0 bridgehead atoms. The van der Waals surface area contributed by atoms with Gasteiger partial charge < -0.3 is 19.6 Å². The third-order valence-electron chi connectivity index (χ3n) is 10.8. The van der Waals surface area contributed by atoms with Crippen LogP contribution in [0.4, 0.5) is 27.8 Å². The Bertz CT molecular complexity index is 2120. The average molecular weight is 721 g/mol. The number of fused-ring (bicyclic) bond motifs is 3. The topological polar surface area (TPSA) is 106 Å². The van der Waals surface area contributed by atoms with Crippen molar-refractivity contribution in [2.24, 2.45) is 0 Å². The Labute approximate surface area is 296 Å². The highest BCUT2D eigenvalue weighted by molar-refractivity contribution is 6.03. The number of piperazine rings is 1. The number of halogens is 5. The van der Waals surface area contributed by atoms with Crippen LogP contribution in [0.25, 0.3) is 32.8 Å². The second-order valence-electron chi connectivity index (χ2n) is 13.8. The quantitative estimate of drug-likeness (QED) is 0.150. The van der Waals surface area contributed by atoms with Crippen LogP contribution in [0.3, 0.4) is 0 Å². The van der Waals surface area contributed by atoms with E-state index in [9.17, 15) is 32.7 Å². The van der Waals surface area contributed by atoms with Crippen LogP contribution in [0.15, 0.2) is 48.8 Å². The first-order valence-electron chi connectivity index (χ1n) is 17.4. The van der Waals surface area contributed by atoms with Crippen molar-refractivity contribution >= 4 is 33.4 Å². The van der Waals surface area contributed by atoms with Gasteiger partial charge in [0.1, 0.15) is 23.7 Å². The standard InChI is InChI=1S/C38H37F5N6O3/c1-3-26-30(38(41,42)43)9-6-23-18-25(50)19-29(31(23)26)27-7-8-28-33(32(27)40)45-36(52-21-37-11-4-14-48(37)15-5-12-37)46-34(28)47-16-17-49(35(51)22(2)39)24(20-47)10-13-44/h6-9,18-19,24,50H,2-5,10-12,14-17,20-21H2,1H3/t24-/m0/s1. The van der Waals surface area contributed by atoms with E-state index in [1.807, 2.05) is 6.07 Å². The SMILES string of the molecule is C=C(F)C(=O)N1CCN(c2nc(OCC34CCCN3CCC4)nc3c(F)c(-c4cc(O)cc5ccc(C(F)(F)F)c(CC)c45)ccc23)C[C@@H]1CC#N. The molecule has 0 aliphatic carbocycles. The number of hydrogen-bond donors (Lipinski definition) is 1. The van der Waals surface area contributed by atoms with Gasteiger partial charge in [-0.25, -0.2) is 8.78 Å². The van der Waals surface area contributed by atoms with Crippen molar-refractivity contribution in [1.29, 1.82) is 5.26 Å². The fourth-order valence-electron chi connectivity index (χ4n) is 8.42. The smallest absolute Gasteiger partial charge is 0.416 e. The van der Waals surface area contributed by atoms with E-state index in [0.717, 1.165) is 44.8 Å². The van der Waals surface area contributed by atoms with E-state index in [1.165, 1.54) is 29.2 Å². The van der Waals surface area contributed by atoms with Gasteiger partial charge in [0.05, 0.1) is 29.6 Å². The fraction of sp³-hybridized carbons (Fsp3) is 0.421. The van der Waals surface area contributed by atoms with E-state index in [1.54, 1.807) is 17.9 Å². The number of ether oxygens (including phenoxy) is 1. The third kappa shape index (κ3) is 6.14. The Morgan fingerprint density at radius 3 is 2.52 bits per heavy atom. The van der Waals surface area contributed by atoms with Crippen molar-refractivity contribution in [1.82, 2.24) is 19.8 Å². The van der Waals surface area contributed by atoms with Crippen molar-refractivity contribution in [2.75, 3.05) is 44.2 Å². The summed E-state index contributed by atoms with van der Waals surface area (Å²) in [6.45, 7) is 7.14. The summed E-state index contributed by atoms with van der Waals surface area (Å²) in [5.74, 6) is -2.90. The zero-order valence-electron chi connectivity index (χ0n) is 28.6. The van der Waals surface area contributed by atoms with Crippen LogP contribution in [0.2, 0.25) is 0 Å². The molecule has 9 nitrogen and oxygen atoms in total. The highest BCUT2D eigenvalue weighted by atomic mass is 19.4. The number of alkyl halides is 3. The van der Waals surface area contributed by atoms with E-state index < -0.39 is 35.3 Å². The molecule has 14 heteroatoms. The van der Waals surface area contributed by atoms with Crippen LogP contribution >= 0.6 is 0 Å². The van der Waals surface area contributed by atoms with Crippen molar-refractivity contribution in [3.8, 4) is 29.0 Å². The summed E-state index contributed by atoms with van der Waals surface area (Å²) in [5.41, 5.74) is -1.23. The first kappa shape index (κ1) is 35.4. The number of phenolic OH excluding ortho intramolecular Hbond substituents is 1. The summed E-state index contributed by atoms with van der Waals surface area (Å²) in [5, 5.41) is 20.9.